The fraction of sp³-hybridized carbons (Fsp3) is 0.235. The van der Waals surface area contributed by atoms with Crippen LogP contribution in [0.1, 0.15) is 5.56 Å². The van der Waals surface area contributed by atoms with Crippen molar-refractivity contribution in [2.45, 2.75) is 18.9 Å². The summed E-state index contributed by atoms with van der Waals surface area (Å²) in [5.74, 6) is -0.539. The largest absolute Gasteiger partial charge is 0.573 e. The summed E-state index contributed by atoms with van der Waals surface area (Å²) in [5.41, 5.74) is 6.64. The summed E-state index contributed by atoms with van der Waals surface area (Å²) >= 11 is 0. The second-order valence-electron chi connectivity index (χ2n) is 5.24. The van der Waals surface area contributed by atoms with Gasteiger partial charge in [-0.1, -0.05) is 42.5 Å². The highest BCUT2D eigenvalue weighted by Gasteiger charge is 2.32. The van der Waals surface area contributed by atoms with E-state index in [1.54, 1.807) is 0 Å². The van der Waals surface area contributed by atoms with Gasteiger partial charge in [-0.2, -0.15) is 0 Å². The molecule has 142 valence electrons. The lowest BCUT2D eigenvalue weighted by Crippen LogP contribution is -2.26. The molecule has 0 spiro atoms. The number of ether oxygens (including phenoxy) is 1. The minimum atomic E-state index is -4.81. The third kappa shape index (κ3) is 7.91. The Labute approximate surface area is 166 Å². The van der Waals surface area contributed by atoms with E-state index in [0.29, 0.717) is 6.42 Å². The fourth-order valence-corrected chi connectivity index (χ4v) is 2.12. The lowest BCUT2D eigenvalue weighted by molar-refractivity contribution is -0.274. The molecule has 2 aromatic carbocycles. The van der Waals surface area contributed by atoms with Crippen molar-refractivity contribution in [1.29, 1.82) is 0 Å². The van der Waals surface area contributed by atoms with Crippen LogP contribution in [0.25, 0.3) is 0 Å². The molecule has 2 aromatic rings. The minimum Gasteiger partial charge on any atom is -0.404 e. The van der Waals surface area contributed by atoms with Crippen molar-refractivity contribution in [1.82, 2.24) is 0 Å². The van der Waals surface area contributed by atoms with Gasteiger partial charge in [0.05, 0.1) is 18.3 Å². The number of halogens is 4. The zero-order valence-corrected chi connectivity index (χ0v) is 15.9. The van der Waals surface area contributed by atoms with Crippen molar-refractivity contribution in [3.05, 3.63) is 60.2 Å². The van der Waals surface area contributed by atoms with Crippen molar-refractivity contribution < 1.29 is 23.0 Å². The smallest absolute Gasteiger partial charge is 0.404 e. The molecule has 0 radical (unpaired) electrons. The number of benzene rings is 2. The lowest BCUT2D eigenvalue weighted by Gasteiger charge is -2.14. The van der Waals surface area contributed by atoms with Gasteiger partial charge < -0.3 is 20.9 Å². The number of guanidine groups is 1. The van der Waals surface area contributed by atoms with Gasteiger partial charge in [0.2, 0.25) is 0 Å². The van der Waals surface area contributed by atoms with Crippen LogP contribution in [0.3, 0.4) is 0 Å². The molecule has 0 amide bonds. The van der Waals surface area contributed by atoms with E-state index in [1.165, 1.54) is 18.2 Å². The van der Waals surface area contributed by atoms with Crippen molar-refractivity contribution in [2.24, 2.45) is 10.7 Å². The Kier molecular flexibility index (Phi) is 8.66. The van der Waals surface area contributed by atoms with Crippen LogP contribution < -0.4 is 15.8 Å². The molecule has 0 aliphatic carbocycles. The second kappa shape index (κ2) is 10.2. The van der Waals surface area contributed by atoms with Gasteiger partial charge in [0.1, 0.15) is 0 Å². The zero-order valence-electron chi connectivity index (χ0n) is 13.6. The van der Waals surface area contributed by atoms with E-state index in [0.717, 1.165) is 11.6 Å². The molecule has 0 aromatic heterocycles. The minimum absolute atomic E-state index is 0. The van der Waals surface area contributed by atoms with Gasteiger partial charge in [-0.25, -0.2) is 0 Å². The predicted octanol–water partition coefficient (Wildman–Crippen LogP) is 3.53. The van der Waals surface area contributed by atoms with Crippen LogP contribution in [0, 0.1) is 0 Å². The van der Waals surface area contributed by atoms with Gasteiger partial charge in [-0.05, 0) is 17.7 Å². The lowest BCUT2D eigenvalue weighted by atomic mass is 10.1. The molecule has 0 aliphatic heterocycles. The van der Waals surface area contributed by atoms with Gasteiger partial charge >= 0.3 is 6.36 Å². The second-order valence-corrected chi connectivity index (χ2v) is 5.24. The van der Waals surface area contributed by atoms with Crippen LogP contribution >= 0.6 is 24.0 Å². The molecule has 1 unspecified atom stereocenters. The van der Waals surface area contributed by atoms with E-state index in [4.69, 9.17) is 5.73 Å². The first-order valence-corrected chi connectivity index (χ1v) is 7.47. The van der Waals surface area contributed by atoms with Crippen LogP contribution in [-0.2, 0) is 6.42 Å². The molecule has 4 N–H and O–H groups in total. The molecule has 0 bridgehead atoms. The number of nitrogens with two attached hydrogens (primary N) is 1. The Bertz CT molecular complexity index is 712. The molecule has 26 heavy (non-hydrogen) atoms. The highest BCUT2D eigenvalue weighted by Crippen LogP contribution is 2.29. The van der Waals surface area contributed by atoms with Gasteiger partial charge in [0.25, 0.3) is 0 Å². The van der Waals surface area contributed by atoms with Crippen LogP contribution in [-0.4, -0.2) is 30.1 Å². The quantitative estimate of drug-likeness (QED) is 0.335. The number of hydrogen-bond donors (Lipinski definition) is 3. The molecule has 0 saturated heterocycles. The van der Waals surface area contributed by atoms with E-state index in [1.807, 2.05) is 30.3 Å². The van der Waals surface area contributed by atoms with E-state index >= 15 is 0 Å². The third-order valence-corrected chi connectivity index (χ3v) is 3.16. The molecule has 0 heterocycles. The number of para-hydroxylation sites is 2. The Morgan fingerprint density at radius 1 is 1.12 bits per heavy atom. The summed E-state index contributed by atoms with van der Waals surface area (Å²) in [6, 6.07) is 14.8. The van der Waals surface area contributed by atoms with Crippen molar-refractivity contribution >= 4 is 35.6 Å². The van der Waals surface area contributed by atoms with Crippen molar-refractivity contribution in [2.75, 3.05) is 11.9 Å². The molecule has 0 fully saturated rings. The van der Waals surface area contributed by atoms with Gasteiger partial charge in [-0.3, -0.25) is 4.99 Å². The van der Waals surface area contributed by atoms with E-state index in [2.05, 4.69) is 15.0 Å². The molecular weight excluding hydrogens is 462 g/mol. The average Bonchev–Trinajstić information content (AvgIpc) is 2.54. The first kappa shape index (κ1) is 22.0. The van der Waals surface area contributed by atoms with Gasteiger partial charge in [-0.15, -0.1) is 37.1 Å². The molecule has 0 aliphatic rings. The SMILES string of the molecule is I.NC(=NCC(O)Cc1ccccc1)Nc1ccccc1OC(F)(F)F. The molecule has 2 rings (SSSR count). The summed E-state index contributed by atoms with van der Waals surface area (Å²) < 4.78 is 41.0. The highest BCUT2D eigenvalue weighted by molar-refractivity contribution is 14.0. The Morgan fingerprint density at radius 3 is 2.38 bits per heavy atom. The summed E-state index contributed by atoms with van der Waals surface area (Å²) in [4.78, 5) is 3.95. The zero-order chi connectivity index (χ0) is 18.3. The number of alkyl halides is 3. The first-order valence-electron chi connectivity index (χ1n) is 7.47. The van der Waals surface area contributed by atoms with E-state index < -0.39 is 18.2 Å². The number of rotatable bonds is 6. The number of nitrogens with one attached hydrogen (secondary N) is 1. The normalized spacial score (nSPS) is 12.8. The van der Waals surface area contributed by atoms with Gasteiger partial charge in [0, 0.05) is 6.42 Å². The maximum absolute atomic E-state index is 12.4. The van der Waals surface area contributed by atoms with Crippen molar-refractivity contribution in [3.63, 3.8) is 0 Å². The number of anilines is 1. The predicted molar refractivity (Wildman–Crippen MR) is 105 cm³/mol. The van der Waals surface area contributed by atoms with Crippen LogP contribution in [0.2, 0.25) is 0 Å². The third-order valence-electron chi connectivity index (χ3n) is 3.16. The Hall–Kier alpha value is -2.01. The summed E-state index contributed by atoms with van der Waals surface area (Å²) in [5, 5.41) is 12.5. The number of aliphatic imine (C=N–C) groups is 1. The highest BCUT2D eigenvalue weighted by atomic mass is 127. The number of nitrogens with zero attached hydrogens (tertiary/aromatic N) is 1. The molecule has 9 heteroatoms. The number of aliphatic hydroxyl groups is 1. The molecule has 0 saturated carbocycles. The first-order chi connectivity index (χ1) is 11.8. The van der Waals surface area contributed by atoms with E-state index in [9.17, 15) is 18.3 Å². The monoisotopic (exact) mass is 481 g/mol. The average molecular weight is 481 g/mol. The van der Waals surface area contributed by atoms with Crippen LogP contribution in [0.4, 0.5) is 18.9 Å². The molecular formula is C17H19F3IN3O2. The summed E-state index contributed by atoms with van der Waals surface area (Å²) in [7, 11) is 0. The fourth-order valence-electron chi connectivity index (χ4n) is 2.12. The van der Waals surface area contributed by atoms with Gasteiger partial charge in [0.15, 0.2) is 11.7 Å². The number of hydrogen-bond acceptors (Lipinski definition) is 3. The maximum atomic E-state index is 12.4. The topological polar surface area (TPSA) is 79.9 Å². The number of aliphatic hydroxyl groups excluding tert-OH is 1. The standard InChI is InChI=1S/C17H18F3N3O2.HI/c18-17(19,20)25-15-9-5-4-8-14(15)23-16(21)22-11-13(24)10-12-6-2-1-3-7-12;/h1-9,13,24H,10-11H2,(H3,21,22,23);1H. The summed E-state index contributed by atoms with van der Waals surface area (Å²) in [6.45, 7) is 0.00994. The summed E-state index contributed by atoms with van der Waals surface area (Å²) in [6.07, 6.45) is -5.18. The van der Waals surface area contributed by atoms with Crippen LogP contribution in [0.15, 0.2) is 59.6 Å². The molecule has 5 nitrogen and oxygen atoms in total. The maximum Gasteiger partial charge on any atom is 0.573 e. The Morgan fingerprint density at radius 2 is 1.73 bits per heavy atom. The van der Waals surface area contributed by atoms with E-state index in [-0.39, 0.29) is 42.2 Å². The molecule has 1 atom stereocenters. The Balaban J connectivity index is 0.00000338. The van der Waals surface area contributed by atoms with Crippen molar-refractivity contribution in [3.8, 4) is 5.75 Å². The van der Waals surface area contributed by atoms with Crippen LogP contribution in [0.5, 0.6) is 5.75 Å².